The molecule has 122 valence electrons. The summed E-state index contributed by atoms with van der Waals surface area (Å²) in [7, 11) is 0. The first-order chi connectivity index (χ1) is 9.90. The molecule has 1 aliphatic carbocycles. The quantitative estimate of drug-likeness (QED) is 0.669. The van der Waals surface area contributed by atoms with Crippen molar-refractivity contribution >= 4 is 12.0 Å². The van der Waals surface area contributed by atoms with E-state index >= 15 is 0 Å². The predicted molar refractivity (Wildman–Crippen MR) is 80.1 cm³/mol. The van der Waals surface area contributed by atoms with Gasteiger partial charge in [-0.05, 0) is 32.1 Å². The maximum atomic E-state index is 12.2. The number of rotatable bonds is 7. The van der Waals surface area contributed by atoms with Crippen LogP contribution in [0.3, 0.4) is 0 Å². The molecule has 6 heteroatoms. The van der Waals surface area contributed by atoms with E-state index in [9.17, 15) is 9.59 Å². The molecule has 3 N–H and O–H groups in total. The number of nitrogens with one attached hydrogen (secondary N) is 1. The average Bonchev–Trinajstić information content (AvgIpc) is 2.42. The number of nitrogens with zero attached hydrogens (tertiary/aromatic N) is 1. The van der Waals surface area contributed by atoms with E-state index in [-0.39, 0.29) is 37.1 Å². The third-order valence-corrected chi connectivity index (χ3v) is 4.28. The highest BCUT2D eigenvalue weighted by Crippen LogP contribution is 2.38. The summed E-state index contributed by atoms with van der Waals surface area (Å²) in [6.45, 7) is 4.39. The number of hydrogen-bond donors (Lipinski definition) is 3. The molecular weight excluding hydrogens is 272 g/mol. The summed E-state index contributed by atoms with van der Waals surface area (Å²) in [6, 6.07) is -0.228. The third kappa shape index (κ3) is 5.53. The minimum absolute atomic E-state index is 0.000991. The van der Waals surface area contributed by atoms with Crippen molar-refractivity contribution in [3.63, 3.8) is 0 Å². The van der Waals surface area contributed by atoms with Crippen LogP contribution in [-0.2, 0) is 4.79 Å². The van der Waals surface area contributed by atoms with Crippen molar-refractivity contribution in [1.82, 2.24) is 10.2 Å². The molecule has 1 aliphatic rings. The Hall–Kier alpha value is -1.30. The fourth-order valence-electron chi connectivity index (χ4n) is 3.11. The molecule has 0 heterocycles. The minimum Gasteiger partial charge on any atom is -0.481 e. The minimum atomic E-state index is -0.803. The van der Waals surface area contributed by atoms with Crippen molar-refractivity contribution < 1.29 is 19.8 Å². The first kappa shape index (κ1) is 17.8. The van der Waals surface area contributed by atoms with Gasteiger partial charge in [0.1, 0.15) is 0 Å². The summed E-state index contributed by atoms with van der Waals surface area (Å²) < 4.78 is 0. The number of carbonyl (C=O) groups is 2. The second kappa shape index (κ2) is 8.22. The van der Waals surface area contributed by atoms with Gasteiger partial charge in [0, 0.05) is 19.1 Å². The normalized spacial score (nSPS) is 17.5. The number of amides is 2. The number of carboxylic acid groups (broad SMARTS) is 1. The molecule has 0 bridgehead atoms. The van der Waals surface area contributed by atoms with E-state index in [0.717, 1.165) is 32.1 Å². The lowest BCUT2D eigenvalue weighted by molar-refractivity contribution is -0.140. The van der Waals surface area contributed by atoms with Gasteiger partial charge in [-0.15, -0.1) is 0 Å². The molecule has 1 saturated carbocycles. The van der Waals surface area contributed by atoms with Crippen molar-refractivity contribution in [1.29, 1.82) is 0 Å². The first-order valence-electron chi connectivity index (χ1n) is 7.77. The van der Waals surface area contributed by atoms with E-state index in [1.807, 2.05) is 13.8 Å². The lowest BCUT2D eigenvalue weighted by Crippen LogP contribution is -2.49. The van der Waals surface area contributed by atoms with Gasteiger partial charge in [-0.3, -0.25) is 4.79 Å². The molecule has 0 unspecified atom stereocenters. The van der Waals surface area contributed by atoms with Gasteiger partial charge < -0.3 is 20.4 Å². The van der Waals surface area contributed by atoms with Gasteiger partial charge in [0.15, 0.2) is 0 Å². The zero-order valence-electron chi connectivity index (χ0n) is 13.1. The van der Waals surface area contributed by atoms with Crippen LogP contribution in [0.4, 0.5) is 4.79 Å². The van der Waals surface area contributed by atoms with Crippen LogP contribution in [0.1, 0.15) is 52.4 Å². The van der Waals surface area contributed by atoms with E-state index < -0.39 is 5.97 Å². The Morgan fingerprint density at radius 2 is 1.86 bits per heavy atom. The molecule has 0 saturated heterocycles. The predicted octanol–water partition coefficient (Wildman–Crippen LogP) is 1.82. The fourth-order valence-corrected chi connectivity index (χ4v) is 3.11. The van der Waals surface area contributed by atoms with Gasteiger partial charge in [-0.2, -0.15) is 0 Å². The van der Waals surface area contributed by atoms with Crippen molar-refractivity contribution in [2.24, 2.45) is 5.41 Å². The Kier molecular flexibility index (Phi) is 6.95. The zero-order chi connectivity index (χ0) is 15.9. The van der Waals surface area contributed by atoms with Crippen LogP contribution in [0.5, 0.6) is 0 Å². The largest absolute Gasteiger partial charge is 0.481 e. The second-order valence-corrected chi connectivity index (χ2v) is 6.30. The van der Waals surface area contributed by atoms with E-state index in [0.29, 0.717) is 6.54 Å². The van der Waals surface area contributed by atoms with E-state index in [1.165, 1.54) is 0 Å². The fraction of sp³-hybridized carbons (Fsp3) is 0.867. The molecule has 0 spiro atoms. The molecule has 1 fully saturated rings. The van der Waals surface area contributed by atoms with E-state index in [4.69, 9.17) is 10.2 Å². The zero-order valence-corrected chi connectivity index (χ0v) is 13.1. The van der Waals surface area contributed by atoms with Gasteiger partial charge in [-0.25, -0.2) is 4.79 Å². The van der Waals surface area contributed by atoms with Gasteiger partial charge in [0.25, 0.3) is 0 Å². The molecule has 21 heavy (non-hydrogen) atoms. The van der Waals surface area contributed by atoms with Crippen LogP contribution in [0.25, 0.3) is 0 Å². The summed E-state index contributed by atoms with van der Waals surface area (Å²) >= 11 is 0. The Labute approximate surface area is 126 Å². The molecule has 0 aromatic rings. The Bertz CT molecular complexity index is 352. The molecule has 0 atom stereocenters. The number of aliphatic hydroxyl groups excluding tert-OH is 1. The first-order valence-corrected chi connectivity index (χ1v) is 7.77. The van der Waals surface area contributed by atoms with Crippen molar-refractivity contribution in [2.75, 3.05) is 19.7 Å². The standard InChI is InChI=1S/C15H28N2O4/c1-12(2)17(8-9-18)14(21)16-11-15(10-13(19)20)6-4-3-5-7-15/h12,18H,3-11H2,1-2H3,(H,16,21)(H,19,20). The third-order valence-electron chi connectivity index (χ3n) is 4.28. The Balaban J connectivity index is 2.63. The highest BCUT2D eigenvalue weighted by Gasteiger charge is 2.35. The number of hydrogen-bond acceptors (Lipinski definition) is 3. The van der Waals surface area contributed by atoms with Crippen LogP contribution >= 0.6 is 0 Å². The van der Waals surface area contributed by atoms with Crippen LogP contribution in [0.15, 0.2) is 0 Å². The van der Waals surface area contributed by atoms with Crippen LogP contribution < -0.4 is 5.32 Å². The summed E-state index contributed by atoms with van der Waals surface area (Å²) in [5.41, 5.74) is -0.318. The molecule has 1 rings (SSSR count). The lowest BCUT2D eigenvalue weighted by atomic mass is 9.72. The number of urea groups is 1. The maximum Gasteiger partial charge on any atom is 0.317 e. The molecule has 0 radical (unpaired) electrons. The molecule has 0 aliphatic heterocycles. The number of carboxylic acids is 1. The highest BCUT2D eigenvalue weighted by atomic mass is 16.4. The summed E-state index contributed by atoms with van der Waals surface area (Å²) in [5.74, 6) is -0.803. The Morgan fingerprint density at radius 1 is 1.24 bits per heavy atom. The number of aliphatic carboxylic acids is 1. The smallest absolute Gasteiger partial charge is 0.317 e. The van der Waals surface area contributed by atoms with Gasteiger partial charge in [-0.1, -0.05) is 19.3 Å². The summed E-state index contributed by atoms with van der Waals surface area (Å²) in [6.07, 6.45) is 4.98. The molecular formula is C15H28N2O4. The second-order valence-electron chi connectivity index (χ2n) is 6.30. The number of aliphatic hydroxyl groups is 1. The van der Waals surface area contributed by atoms with Gasteiger partial charge in [0.2, 0.25) is 0 Å². The summed E-state index contributed by atoms with van der Waals surface area (Å²) in [4.78, 5) is 24.9. The molecule has 0 aromatic carbocycles. The Morgan fingerprint density at radius 3 is 2.33 bits per heavy atom. The van der Waals surface area contributed by atoms with Crippen molar-refractivity contribution in [3.05, 3.63) is 0 Å². The van der Waals surface area contributed by atoms with Gasteiger partial charge >= 0.3 is 12.0 Å². The average molecular weight is 300 g/mol. The monoisotopic (exact) mass is 300 g/mol. The lowest BCUT2D eigenvalue weighted by Gasteiger charge is -2.37. The van der Waals surface area contributed by atoms with Gasteiger partial charge in [0.05, 0.1) is 13.0 Å². The van der Waals surface area contributed by atoms with Crippen LogP contribution in [-0.4, -0.2) is 52.9 Å². The highest BCUT2D eigenvalue weighted by molar-refractivity contribution is 5.74. The van der Waals surface area contributed by atoms with Crippen LogP contribution in [0, 0.1) is 5.41 Å². The molecule has 2 amide bonds. The summed E-state index contributed by atoms with van der Waals surface area (Å²) in [5, 5.41) is 21.0. The van der Waals surface area contributed by atoms with E-state index in [1.54, 1.807) is 4.90 Å². The SMILES string of the molecule is CC(C)N(CCO)C(=O)NCC1(CC(=O)O)CCCCC1. The number of carbonyl (C=O) groups excluding carboxylic acids is 1. The maximum absolute atomic E-state index is 12.2. The van der Waals surface area contributed by atoms with E-state index in [2.05, 4.69) is 5.32 Å². The molecule has 6 nitrogen and oxygen atoms in total. The van der Waals surface area contributed by atoms with Crippen molar-refractivity contribution in [2.45, 2.75) is 58.4 Å². The molecule has 0 aromatic heterocycles. The topological polar surface area (TPSA) is 89.9 Å². The van der Waals surface area contributed by atoms with Crippen LogP contribution in [0.2, 0.25) is 0 Å². The van der Waals surface area contributed by atoms with Crippen molar-refractivity contribution in [3.8, 4) is 0 Å².